The Kier molecular flexibility index (Phi) is 4.37. The van der Waals surface area contributed by atoms with Crippen molar-refractivity contribution in [3.63, 3.8) is 0 Å². The maximum absolute atomic E-state index is 12.0. The van der Waals surface area contributed by atoms with E-state index in [1.165, 1.54) is 7.11 Å². The highest BCUT2D eigenvalue weighted by Crippen LogP contribution is 2.20. The van der Waals surface area contributed by atoms with Crippen LogP contribution in [-0.4, -0.2) is 25.2 Å². The van der Waals surface area contributed by atoms with Crippen LogP contribution in [0.5, 0.6) is 0 Å². The SMILES string of the molecule is COC(=O)Nc1cccc(NC(=O)C2C=CC(N)C2)c1. The molecule has 4 N–H and O–H groups in total. The van der Waals surface area contributed by atoms with E-state index in [0.717, 1.165) is 0 Å². The summed E-state index contributed by atoms with van der Waals surface area (Å²) < 4.78 is 4.51. The quantitative estimate of drug-likeness (QED) is 0.732. The van der Waals surface area contributed by atoms with Gasteiger partial charge in [0.1, 0.15) is 0 Å². The molecule has 0 saturated carbocycles. The van der Waals surface area contributed by atoms with E-state index in [9.17, 15) is 9.59 Å². The third-order valence-electron chi connectivity index (χ3n) is 3.02. The van der Waals surface area contributed by atoms with Crippen molar-refractivity contribution in [3.8, 4) is 0 Å². The van der Waals surface area contributed by atoms with Crippen molar-refractivity contribution in [1.82, 2.24) is 0 Å². The number of rotatable bonds is 3. The third kappa shape index (κ3) is 3.58. The van der Waals surface area contributed by atoms with Gasteiger partial charge in [-0.1, -0.05) is 18.2 Å². The van der Waals surface area contributed by atoms with Gasteiger partial charge in [0.05, 0.1) is 13.0 Å². The maximum atomic E-state index is 12.0. The monoisotopic (exact) mass is 275 g/mol. The topological polar surface area (TPSA) is 93.5 Å². The summed E-state index contributed by atoms with van der Waals surface area (Å²) in [7, 11) is 1.29. The van der Waals surface area contributed by atoms with Crippen LogP contribution in [0.15, 0.2) is 36.4 Å². The van der Waals surface area contributed by atoms with E-state index in [1.54, 1.807) is 24.3 Å². The van der Waals surface area contributed by atoms with E-state index in [4.69, 9.17) is 5.73 Å². The molecule has 0 aliphatic heterocycles. The van der Waals surface area contributed by atoms with Gasteiger partial charge in [0.15, 0.2) is 0 Å². The molecule has 6 nitrogen and oxygen atoms in total. The summed E-state index contributed by atoms with van der Waals surface area (Å²) in [6, 6.07) is 6.79. The van der Waals surface area contributed by atoms with Gasteiger partial charge in [-0.25, -0.2) is 4.79 Å². The molecule has 20 heavy (non-hydrogen) atoms. The summed E-state index contributed by atoms with van der Waals surface area (Å²) in [6.45, 7) is 0. The van der Waals surface area contributed by atoms with E-state index in [2.05, 4.69) is 15.4 Å². The Bertz CT molecular complexity index is 542. The highest BCUT2D eigenvalue weighted by molar-refractivity contribution is 5.95. The van der Waals surface area contributed by atoms with Gasteiger partial charge in [-0.3, -0.25) is 10.1 Å². The average Bonchev–Trinajstić information content (AvgIpc) is 2.86. The number of nitrogens with two attached hydrogens (primary N) is 1. The molecule has 0 fully saturated rings. The summed E-state index contributed by atoms with van der Waals surface area (Å²) >= 11 is 0. The smallest absolute Gasteiger partial charge is 0.411 e. The predicted molar refractivity (Wildman–Crippen MR) is 76.3 cm³/mol. The van der Waals surface area contributed by atoms with Crippen LogP contribution in [0.1, 0.15) is 6.42 Å². The van der Waals surface area contributed by atoms with E-state index < -0.39 is 6.09 Å². The highest BCUT2D eigenvalue weighted by Gasteiger charge is 2.22. The first-order valence-electron chi connectivity index (χ1n) is 6.28. The van der Waals surface area contributed by atoms with E-state index in [1.807, 2.05) is 12.2 Å². The number of methoxy groups -OCH3 is 1. The lowest BCUT2D eigenvalue weighted by molar-refractivity contribution is -0.118. The third-order valence-corrected chi connectivity index (χ3v) is 3.02. The van der Waals surface area contributed by atoms with Gasteiger partial charge in [-0.05, 0) is 24.6 Å². The molecule has 0 heterocycles. The fourth-order valence-electron chi connectivity index (χ4n) is 2.00. The zero-order chi connectivity index (χ0) is 14.5. The number of hydrogen-bond acceptors (Lipinski definition) is 4. The van der Waals surface area contributed by atoms with Gasteiger partial charge in [-0.2, -0.15) is 0 Å². The molecule has 2 rings (SSSR count). The zero-order valence-corrected chi connectivity index (χ0v) is 11.1. The number of hydrogen-bond donors (Lipinski definition) is 3. The van der Waals surface area contributed by atoms with E-state index in [0.29, 0.717) is 17.8 Å². The normalized spacial score (nSPS) is 20.5. The molecule has 106 valence electrons. The minimum atomic E-state index is -0.557. The highest BCUT2D eigenvalue weighted by atomic mass is 16.5. The minimum absolute atomic E-state index is 0.0573. The van der Waals surface area contributed by atoms with Gasteiger partial charge in [-0.15, -0.1) is 0 Å². The van der Waals surface area contributed by atoms with Gasteiger partial charge in [0.25, 0.3) is 0 Å². The van der Waals surface area contributed by atoms with Gasteiger partial charge < -0.3 is 15.8 Å². The Labute approximate surface area is 117 Å². The van der Waals surface area contributed by atoms with Crippen molar-refractivity contribution in [2.75, 3.05) is 17.7 Å². The molecule has 2 atom stereocenters. The lowest BCUT2D eigenvalue weighted by atomic mass is 10.1. The van der Waals surface area contributed by atoms with Crippen molar-refractivity contribution in [2.45, 2.75) is 12.5 Å². The molecule has 0 radical (unpaired) electrons. The molecule has 0 bridgehead atoms. The molecule has 0 saturated heterocycles. The Hall–Kier alpha value is -2.34. The number of anilines is 2. The predicted octanol–water partition coefficient (Wildman–Crippen LogP) is 1.71. The molecule has 0 spiro atoms. The number of amides is 2. The van der Waals surface area contributed by atoms with E-state index in [-0.39, 0.29) is 17.9 Å². The van der Waals surface area contributed by atoms with Crippen molar-refractivity contribution in [3.05, 3.63) is 36.4 Å². The first kappa shape index (κ1) is 14.1. The van der Waals surface area contributed by atoms with Crippen LogP contribution in [0.25, 0.3) is 0 Å². The Morgan fingerprint density at radius 2 is 1.95 bits per heavy atom. The number of carbonyl (C=O) groups excluding carboxylic acids is 2. The number of ether oxygens (including phenoxy) is 1. The molecule has 2 amide bonds. The Morgan fingerprint density at radius 1 is 1.25 bits per heavy atom. The molecule has 2 unspecified atom stereocenters. The van der Waals surface area contributed by atoms with Crippen molar-refractivity contribution in [2.24, 2.45) is 11.7 Å². The lowest BCUT2D eigenvalue weighted by Gasteiger charge is -2.11. The second kappa shape index (κ2) is 6.21. The van der Waals surface area contributed by atoms with Crippen LogP contribution < -0.4 is 16.4 Å². The van der Waals surface area contributed by atoms with Crippen LogP contribution in [-0.2, 0) is 9.53 Å². The number of benzene rings is 1. The fraction of sp³-hybridized carbons (Fsp3) is 0.286. The minimum Gasteiger partial charge on any atom is -0.453 e. The van der Waals surface area contributed by atoms with Crippen LogP contribution in [0.4, 0.5) is 16.2 Å². The van der Waals surface area contributed by atoms with Crippen molar-refractivity contribution >= 4 is 23.4 Å². The Morgan fingerprint density at radius 3 is 2.55 bits per heavy atom. The summed E-state index contributed by atoms with van der Waals surface area (Å²) in [5, 5.41) is 5.33. The molecule has 1 aliphatic rings. The average molecular weight is 275 g/mol. The molecule has 1 aromatic rings. The largest absolute Gasteiger partial charge is 0.453 e. The van der Waals surface area contributed by atoms with Crippen LogP contribution in [0.2, 0.25) is 0 Å². The summed E-state index contributed by atoms with van der Waals surface area (Å²) in [5.41, 5.74) is 6.88. The number of carbonyl (C=O) groups is 2. The van der Waals surface area contributed by atoms with E-state index >= 15 is 0 Å². The standard InChI is InChI=1S/C14H17N3O3/c1-20-14(19)17-12-4-2-3-11(8-12)16-13(18)9-5-6-10(15)7-9/h2-6,8-10H,7,15H2,1H3,(H,16,18)(H,17,19). The van der Waals surface area contributed by atoms with Crippen LogP contribution >= 0.6 is 0 Å². The van der Waals surface area contributed by atoms with Gasteiger partial charge >= 0.3 is 6.09 Å². The molecule has 0 aromatic heterocycles. The lowest BCUT2D eigenvalue weighted by Crippen LogP contribution is -2.24. The molecule has 6 heteroatoms. The number of nitrogens with one attached hydrogen (secondary N) is 2. The first-order valence-corrected chi connectivity index (χ1v) is 6.28. The summed E-state index contributed by atoms with van der Waals surface area (Å²) in [4.78, 5) is 23.1. The molecular weight excluding hydrogens is 258 g/mol. The second-order valence-corrected chi connectivity index (χ2v) is 4.58. The van der Waals surface area contributed by atoms with Crippen LogP contribution in [0.3, 0.4) is 0 Å². The summed E-state index contributed by atoms with van der Waals surface area (Å²) in [5.74, 6) is -0.313. The maximum Gasteiger partial charge on any atom is 0.411 e. The summed E-state index contributed by atoms with van der Waals surface area (Å²) in [6.07, 6.45) is 3.71. The van der Waals surface area contributed by atoms with Crippen molar-refractivity contribution in [1.29, 1.82) is 0 Å². The molecule has 1 aliphatic carbocycles. The van der Waals surface area contributed by atoms with Gasteiger partial charge in [0, 0.05) is 17.4 Å². The Balaban J connectivity index is 1.99. The van der Waals surface area contributed by atoms with Gasteiger partial charge in [0.2, 0.25) is 5.91 Å². The second-order valence-electron chi connectivity index (χ2n) is 4.58. The van der Waals surface area contributed by atoms with Crippen LogP contribution in [0, 0.1) is 5.92 Å². The molecule has 1 aromatic carbocycles. The fourth-order valence-corrected chi connectivity index (χ4v) is 2.00. The zero-order valence-electron chi connectivity index (χ0n) is 11.1. The molecular formula is C14H17N3O3. The van der Waals surface area contributed by atoms with Crippen molar-refractivity contribution < 1.29 is 14.3 Å². The first-order chi connectivity index (χ1) is 9.58.